The molecule has 2 aromatic carbocycles. The maximum atomic E-state index is 12.3. The Morgan fingerprint density at radius 3 is 2.11 bits per heavy atom. The summed E-state index contributed by atoms with van der Waals surface area (Å²) in [4.78, 5) is 38.5. The number of ether oxygens (including phenoxy) is 1. The topological polar surface area (TPSA) is 66.9 Å². The summed E-state index contributed by atoms with van der Waals surface area (Å²) < 4.78 is 5.11. The maximum absolute atomic E-state index is 12.3. The zero-order valence-corrected chi connectivity index (χ0v) is 16.3. The number of hydrogen-bond acceptors (Lipinski definition) is 4. The van der Waals surface area contributed by atoms with Crippen LogP contribution in [0.4, 0.5) is 0 Å². The number of hydrogen-bond donors (Lipinski definition) is 0. The molecular formula is C22H26N2O4. The molecule has 0 aliphatic heterocycles. The Bertz CT molecular complexity index is 775. The van der Waals surface area contributed by atoms with Crippen LogP contribution in [0.25, 0.3) is 0 Å². The van der Waals surface area contributed by atoms with Gasteiger partial charge in [-0.1, -0.05) is 42.5 Å². The van der Waals surface area contributed by atoms with E-state index in [0.29, 0.717) is 25.8 Å². The molecule has 148 valence electrons. The molecule has 0 fully saturated rings. The zero-order valence-electron chi connectivity index (χ0n) is 16.3. The number of carbonyl (C=O) groups excluding carboxylic acids is 3. The lowest BCUT2D eigenvalue weighted by Gasteiger charge is -2.20. The lowest BCUT2D eigenvalue weighted by atomic mass is 10.1. The van der Waals surface area contributed by atoms with Gasteiger partial charge >= 0.3 is 0 Å². The molecule has 0 saturated carbocycles. The highest BCUT2D eigenvalue weighted by Gasteiger charge is 2.19. The predicted octanol–water partition coefficient (Wildman–Crippen LogP) is 2.31. The highest BCUT2D eigenvalue weighted by molar-refractivity contribution is 6.00. The molecule has 6 heteroatoms. The summed E-state index contributed by atoms with van der Waals surface area (Å²) in [5.41, 5.74) is 2.11. The van der Waals surface area contributed by atoms with E-state index in [1.165, 1.54) is 4.90 Å². The fraction of sp³-hybridized carbons (Fsp3) is 0.318. The van der Waals surface area contributed by atoms with E-state index in [2.05, 4.69) is 0 Å². The molecule has 0 atom stereocenters. The number of likely N-dealkylation sites (N-methyl/N-ethyl adjacent to an activating group) is 1. The highest BCUT2D eigenvalue weighted by Crippen LogP contribution is 2.12. The summed E-state index contributed by atoms with van der Waals surface area (Å²) in [7, 11) is 3.26. The largest absolute Gasteiger partial charge is 0.497 e. The molecule has 0 spiro atoms. The minimum atomic E-state index is -0.486. The summed E-state index contributed by atoms with van der Waals surface area (Å²) in [5, 5.41) is 0. The molecule has 0 saturated heterocycles. The predicted molar refractivity (Wildman–Crippen MR) is 107 cm³/mol. The van der Waals surface area contributed by atoms with Crippen molar-refractivity contribution >= 4 is 18.2 Å². The summed E-state index contributed by atoms with van der Waals surface area (Å²) in [5.74, 6) is -0.0338. The Morgan fingerprint density at radius 2 is 1.50 bits per heavy atom. The first-order chi connectivity index (χ1) is 13.5. The van der Waals surface area contributed by atoms with Gasteiger partial charge < -0.3 is 9.64 Å². The van der Waals surface area contributed by atoms with Gasteiger partial charge in [0.15, 0.2) is 0 Å². The van der Waals surface area contributed by atoms with Crippen LogP contribution in [0.2, 0.25) is 0 Å². The van der Waals surface area contributed by atoms with Gasteiger partial charge in [0.05, 0.1) is 7.11 Å². The molecule has 0 bridgehead atoms. The second kappa shape index (κ2) is 10.9. The van der Waals surface area contributed by atoms with Gasteiger partial charge in [-0.25, -0.2) is 0 Å². The summed E-state index contributed by atoms with van der Waals surface area (Å²) in [6.45, 7) is 0.749. The van der Waals surface area contributed by atoms with Gasteiger partial charge in [0.25, 0.3) is 0 Å². The fourth-order valence-electron chi connectivity index (χ4n) is 2.71. The lowest BCUT2D eigenvalue weighted by Crippen LogP contribution is -2.37. The summed E-state index contributed by atoms with van der Waals surface area (Å²) in [6, 6.07) is 17.3. The van der Waals surface area contributed by atoms with E-state index < -0.39 is 5.91 Å². The Hall–Kier alpha value is -3.15. The number of amides is 3. The Morgan fingerprint density at radius 1 is 0.893 bits per heavy atom. The molecule has 0 aliphatic rings. The van der Waals surface area contributed by atoms with Gasteiger partial charge in [0.1, 0.15) is 12.2 Å². The Kier molecular flexibility index (Phi) is 8.21. The van der Waals surface area contributed by atoms with E-state index in [0.717, 1.165) is 21.8 Å². The minimum absolute atomic E-state index is 0.232. The molecule has 3 amide bonds. The number of imide groups is 1. The third-order valence-electron chi connectivity index (χ3n) is 4.55. The molecule has 6 nitrogen and oxygen atoms in total. The van der Waals surface area contributed by atoms with E-state index in [-0.39, 0.29) is 18.9 Å². The lowest BCUT2D eigenvalue weighted by molar-refractivity contribution is -0.142. The van der Waals surface area contributed by atoms with Crippen molar-refractivity contribution in [2.24, 2.45) is 0 Å². The van der Waals surface area contributed by atoms with Crippen LogP contribution in [0.3, 0.4) is 0 Å². The van der Waals surface area contributed by atoms with Crippen molar-refractivity contribution in [3.63, 3.8) is 0 Å². The van der Waals surface area contributed by atoms with Gasteiger partial charge in [-0.2, -0.15) is 0 Å². The molecule has 0 N–H and O–H groups in total. The number of benzene rings is 2. The van der Waals surface area contributed by atoms with Gasteiger partial charge in [0, 0.05) is 20.1 Å². The van der Waals surface area contributed by atoms with Crippen LogP contribution >= 0.6 is 0 Å². The molecule has 28 heavy (non-hydrogen) atoms. The van der Waals surface area contributed by atoms with Gasteiger partial charge in [-0.3, -0.25) is 19.3 Å². The highest BCUT2D eigenvalue weighted by atomic mass is 16.5. The first kappa shape index (κ1) is 21.2. The molecule has 0 radical (unpaired) electrons. The van der Waals surface area contributed by atoms with Crippen LogP contribution in [-0.2, 0) is 27.2 Å². The van der Waals surface area contributed by atoms with Crippen molar-refractivity contribution < 1.29 is 19.1 Å². The average Bonchev–Trinajstić information content (AvgIpc) is 2.73. The first-order valence-electron chi connectivity index (χ1n) is 9.19. The third-order valence-corrected chi connectivity index (χ3v) is 4.55. The normalized spacial score (nSPS) is 10.2. The van der Waals surface area contributed by atoms with E-state index in [4.69, 9.17) is 4.74 Å². The van der Waals surface area contributed by atoms with Crippen LogP contribution in [-0.4, -0.2) is 55.3 Å². The zero-order chi connectivity index (χ0) is 20.4. The van der Waals surface area contributed by atoms with Gasteiger partial charge in [0.2, 0.25) is 18.2 Å². The number of carbonyl (C=O) groups is 3. The fourth-order valence-corrected chi connectivity index (χ4v) is 2.71. The molecule has 2 rings (SSSR count). The standard InChI is InChI=1S/C22H26N2O4/c1-23(14-12-18-6-4-3-5-7-18)21(26)16-22(27)24(17-25)15-13-19-8-10-20(28-2)11-9-19/h3-11,17H,12-16H2,1-2H3. The van der Waals surface area contributed by atoms with Gasteiger partial charge in [-0.15, -0.1) is 0 Å². The maximum Gasteiger partial charge on any atom is 0.238 e. The monoisotopic (exact) mass is 382 g/mol. The van der Waals surface area contributed by atoms with Crippen LogP contribution in [0, 0.1) is 0 Å². The van der Waals surface area contributed by atoms with Gasteiger partial charge in [-0.05, 0) is 36.1 Å². The van der Waals surface area contributed by atoms with E-state index in [1.54, 1.807) is 14.2 Å². The number of rotatable bonds is 10. The summed E-state index contributed by atoms with van der Waals surface area (Å²) in [6.07, 6.45) is 1.41. The molecule has 0 aromatic heterocycles. The number of nitrogens with zero attached hydrogens (tertiary/aromatic N) is 2. The van der Waals surface area contributed by atoms with E-state index in [9.17, 15) is 14.4 Å². The quantitative estimate of drug-likeness (QED) is 0.467. The van der Waals surface area contributed by atoms with Crippen LogP contribution in [0.5, 0.6) is 5.75 Å². The van der Waals surface area contributed by atoms with Crippen molar-refractivity contribution in [2.45, 2.75) is 19.3 Å². The molecule has 0 unspecified atom stereocenters. The Labute approximate surface area is 165 Å². The second-order valence-electron chi connectivity index (χ2n) is 6.52. The molecule has 0 heterocycles. The van der Waals surface area contributed by atoms with Crippen molar-refractivity contribution in [1.82, 2.24) is 9.80 Å². The first-order valence-corrected chi connectivity index (χ1v) is 9.19. The van der Waals surface area contributed by atoms with E-state index in [1.807, 2.05) is 54.6 Å². The third kappa shape index (κ3) is 6.54. The molecule has 2 aromatic rings. The van der Waals surface area contributed by atoms with Crippen LogP contribution in [0.1, 0.15) is 17.5 Å². The van der Waals surface area contributed by atoms with Crippen molar-refractivity contribution in [2.75, 3.05) is 27.2 Å². The van der Waals surface area contributed by atoms with Crippen molar-refractivity contribution in [3.05, 3.63) is 65.7 Å². The smallest absolute Gasteiger partial charge is 0.238 e. The van der Waals surface area contributed by atoms with E-state index >= 15 is 0 Å². The molecule has 0 aliphatic carbocycles. The SMILES string of the molecule is COc1ccc(CCN(C=O)C(=O)CC(=O)N(C)CCc2ccccc2)cc1. The van der Waals surface area contributed by atoms with Crippen LogP contribution in [0.15, 0.2) is 54.6 Å². The molecular weight excluding hydrogens is 356 g/mol. The average molecular weight is 382 g/mol. The number of methoxy groups -OCH3 is 1. The van der Waals surface area contributed by atoms with Crippen molar-refractivity contribution in [3.8, 4) is 5.75 Å². The second-order valence-corrected chi connectivity index (χ2v) is 6.52. The Balaban J connectivity index is 1.80. The summed E-state index contributed by atoms with van der Waals surface area (Å²) >= 11 is 0. The van der Waals surface area contributed by atoms with Crippen molar-refractivity contribution in [1.29, 1.82) is 0 Å². The van der Waals surface area contributed by atoms with Crippen LogP contribution < -0.4 is 4.74 Å². The minimum Gasteiger partial charge on any atom is -0.497 e.